The fourth-order valence-corrected chi connectivity index (χ4v) is 2.00. The summed E-state index contributed by atoms with van der Waals surface area (Å²) in [6.45, 7) is 4.60. The van der Waals surface area contributed by atoms with Crippen LogP contribution in [0.25, 0.3) is 0 Å². The first kappa shape index (κ1) is 17.3. The van der Waals surface area contributed by atoms with E-state index in [0.717, 1.165) is 6.07 Å². The molecule has 114 valence electrons. The van der Waals surface area contributed by atoms with E-state index < -0.39 is 18.0 Å². The Balaban J connectivity index is 2.81. The van der Waals surface area contributed by atoms with Gasteiger partial charge in [0.25, 0.3) is 0 Å². The minimum absolute atomic E-state index is 0.00473. The molecule has 1 aromatic carbocycles. The number of benzene rings is 1. The average Bonchev–Trinajstić information content (AvgIpc) is 2.36. The summed E-state index contributed by atoms with van der Waals surface area (Å²) >= 11 is 3.04. The van der Waals surface area contributed by atoms with Crippen molar-refractivity contribution < 1.29 is 22.6 Å². The van der Waals surface area contributed by atoms with Gasteiger partial charge in [0.1, 0.15) is 0 Å². The smallest absolute Gasteiger partial charge is 0.379 e. The highest BCUT2D eigenvalue weighted by Gasteiger charge is 2.33. The molecule has 0 atom stereocenters. The van der Waals surface area contributed by atoms with Gasteiger partial charge in [-0.1, -0.05) is 15.9 Å². The van der Waals surface area contributed by atoms with Gasteiger partial charge in [-0.15, -0.1) is 0 Å². The Morgan fingerprint density at radius 2 is 1.80 bits per heavy atom. The monoisotopic (exact) mass is 355 g/mol. The summed E-state index contributed by atoms with van der Waals surface area (Å²) in [7, 11) is 0. The SMILES string of the molecule is CCOC(CNc1ccc(Br)cc1C(F)(F)F)OCC. The Labute approximate surface area is 124 Å². The summed E-state index contributed by atoms with van der Waals surface area (Å²) in [5.74, 6) is 0. The molecule has 0 aliphatic heterocycles. The first-order valence-electron chi connectivity index (χ1n) is 6.22. The minimum atomic E-state index is -4.42. The lowest BCUT2D eigenvalue weighted by Gasteiger charge is -2.20. The summed E-state index contributed by atoms with van der Waals surface area (Å²) in [5.41, 5.74) is -0.719. The molecule has 0 saturated carbocycles. The second kappa shape index (κ2) is 7.85. The van der Waals surface area contributed by atoms with E-state index in [0.29, 0.717) is 17.7 Å². The summed E-state index contributed by atoms with van der Waals surface area (Å²) in [6.07, 6.45) is -4.99. The van der Waals surface area contributed by atoms with Gasteiger partial charge in [0, 0.05) is 23.4 Å². The van der Waals surface area contributed by atoms with Crippen LogP contribution in [0, 0.1) is 0 Å². The molecule has 3 nitrogen and oxygen atoms in total. The Hall–Kier alpha value is -0.790. The van der Waals surface area contributed by atoms with Crippen LogP contribution < -0.4 is 5.32 Å². The third-order valence-corrected chi connectivity index (χ3v) is 2.94. The van der Waals surface area contributed by atoms with Crippen LogP contribution in [0.2, 0.25) is 0 Å². The molecule has 0 fully saturated rings. The number of nitrogens with one attached hydrogen (secondary N) is 1. The number of hydrogen-bond acceptors (Lipinski definition) is 3. The van der Waals surface area contributed by atoms with Gasteiger partial charge in [-0.05, 0) is 32.0 Å². The van der Waals surface area contributed by atoms with E-state index in [1.807, 2.05) is 0 Å². The highest BCUT2D eigenvalue weighted by Crippen LogP contribution is 2.36. The molecule has 0 aliphatic rings. The van der Waals surface area contributed by atoms with Crippen LogP contribution in [0.3, 0.4) is 0 Å². The summed E-state index contributed by atoms with van der Waals surface area (Å²) < 4.78 is 49.7. The van der Waals surface area contributed by atoms with Crippen molar-refractivity contribution >= 4 is 21.6 Å². The van der Waals surface area contributed by atoms with Crippen molar-refractivity contribution in [3.63, 3.8) is 0 Å². The van der Waals surface area contributed by atoms with Crippen molar-refractivity contribution in [2.75, 3.05) is 25.1 Å². The predicted molar refractivity (Wildman–Crippen MR) is 74.7 cm³/mol. The standard InChI is InChI=1S/C13H17BrF3NO2/c1-3-19-12(20-4-2)8-18-11-6-5-9(14)7-10(11)13(15,16)17/h5-7,12,18H,3-4,8H2,1-2H3. The van der Waals surface area contributed by atoms with Crippen LogP contribution in [0.4, 0.5) is 18.9 Å². The van der Waals surface area contributed by atoms with Gasteiger partial charge < -0.3 is 14.8 Å². The van der Waals surface area contributed by atoms with E-state index in [-0.39, 0.29) is 12.2 Å². The first-order chi connectivity index (χ1) is 9.38. The fraction of sp³-hybridized carbons (Fsp3) is 0.538. The largest absolute Gasteiger partial charge is 0.418 e. The van der Waals surface area contributed by atoms with Crippen LogP contribution in [-0.4, -0.2) is 26.0 Å². The van der Waals surface area contributed by atoms with Crippen molar-refractivity contribution in [2.45, 2.75) is 26.3 Å². The van der Waals surface area contributed by atoms with Crippen molar-refractivity contribution in [3.05, 3.63) is 28.2 Å². The van der Waals surface area contributed by atoms with Crippen LogP contribution in [0.5, 0.6) is 0 Å². The van der Waals surface area contributed by atoms with Gasteiger partial charge in [-0.2, -0.15) is 13.2 Å². The second-order valence-electron chi connectivity index (χ2n) is 3.91. The van der Waals surface area contributed by atoms with Crippen LogP contribution in [0.15, 0.2) is 22.7 Å². The van der Waals surface area contributed by atoms with Gasteiger partial charge in [0.05, 0.1) is 12.1 Å². The molecule has 7 heteroatoms. The molecule has 0 aromatic heterocycles. The number of ether oxygens (including phenoxy) is 2. The number of alkyl halides is 3. The van der Waals surface area contributed by atoms with Gasteiger partial charge >= 0.3 is 6.18 Å². The van der Waals surface area contributed by atoms with Crippen molar-refractivity contribution in [1.82, 2.24) is 0 Å². The fourth-order valence-electron chi connectivity index (χ4n) is 1.64. The third-order valence-electron chi connectivity index (χ3n) is 2.45. The maximum Gasteiger partial charge on any atom is 0.418 e. The molecule has 0 unspecified atom stereocenters. The molecule has 0 heterocycles. The van der Waals surface area contributed by atoms with Crippen molar-refractivity contribution in [3.8, 4) is 0 Å². The Morgan fingerprint density at radius 1 is 1.20 bits per heavy atom. The maximum absolute atomic E-state index is 12.9. The quantitative estimate of drug-likeness (QED) is 0.740. The van der Waals surface area contributed by atoms with E-state index in [9.17, 15) is 13.2 Å². The minimum Gasteiger partial charge on any atom is -0.379 e. The third kappa shape index (κ3) is 5.30. The Kier molecular flexibility index (Phi) is 6.78. The Bertz CT molecular complexity index is 421. The molecule has 20 heavy (non-hydrogen) atoms. The van der Waals surface area contributed by atoms with Crippen molar-refractivity contribution in [2.24, 2.45) is 0 Å². The van der Waals surface area contributed by atoms with Gasteiger partial charge in [0.2, 0.25) is 0 Å². The molecule has 0 spiro atoms. The summed E-state index contributed by atoms with van der Waals surface area (Å²) in [6, 6.07) is 3.97. The van der Waals surface area contributed by atoms with E-state index in [2.05, 4.69) is 21.2 Å². The molecule has 0 bridgehead atoms. The molecule has 0 aliphatic carbocycles. The summed E-state index contributed by atoms with van der Waals surface area (Å²) in [4.78, 5) is 0. The predicted octanol–water partition coefficient (Wildman–Crippen LogP) is 4.28. The lowest BCUT2D eigenvalue weighted by atomic mass is 10.1. The molecular weight excluding hydrogens is 339 g/mol. The van der Waals surface area contributed by atoms with Crippen LogP contribution in [-0.2, 0) is 15.7 Å². The molecule has 1 N–H and O–H groups in total. The lowest BCUT2D eigenvalue weighted by molar-refractivity contribution is -0.137. The normalized spacial score (nSPS) is 11.9. The van der Waals surface area contributed by atoms with E-state index >= 15 is 0 Å². The van der Waals surface area contributed by atoms with Gasteiger partial charge in [-0.3, -0.25) is 0 Å². The van der Waals surface area contributed by atoms with Crippen LogP contribution >= 0.6 is 15.9 Å². The highest BCUT2D eigenvalue weighted by molar-refractivity contribution is 9.10. The maximum atomic E-state index is 12.9. The summed E-state index contributed by atoms with van der Waals surface area (Å²) in [5, 5.41) is 2.73. The molecule has 1 rings (SSSR count). The average molecular weight is 356 g/mol. The zero-order valence-corrected chi connectivity index (χ0v) is 12.8. The highest BCUT2D eigenvalue weighted by atomic mass is 79.9. The molecule has 0 amide bonds. The topological polar surface area (TPSA) is 30.5 Å². The van der Waals surface area contributed by atoms with Gasteiger partial charge in [-0.25, -0.2) is 0 Å². The zero-order valence-electron chi connectivity index (χ0n) is 11.3. The van der Waals surface area contributed by atoms with Crippen molar-refractivity contribution in [1.29, 1.82) is 0 Å². The van der Waals surface area contributed by atoms with Crippen LogP contribution in [0.1, 0.15) is 19.4 Å². The molecule has 0 saturated heterocycles. The van der Waals surface area contributed by atoms with E-state index in [1.54, 1.807) is 19.9 Å². The molecule has 1 aromatic rings. The number of hydrogen-bond donors (Lipinski definition) is 1. The second-order valence-corrected chi connectivity index (χ2v) is 4.82. The number of anilines is 1. The Morgan fingerprint density at radius 3 is 2.30 bits per heavy atom. The van der Waals surface area contributed by atoms with Gasteiger partial charge in [0.15, 0.2) is 6.29 Å². The molecular formula is C13H17BrF3NO2. The zero-order chi connectivity index (χ0) is 15.2. The number of halogens is 4. The molecule has 0 radical (unpaired) electrons. The number of rotatable bonds is 7. The van der Waals surface area contributed by atoms with E-state index in [1.165, 1.54) is 6.07 Å². The lowest BCUT2D eigenvalue weighted by Crippen LogP contribution is -2.27. The van der Waals surface area contributed by atoms with E-state index in [4.69, 9.17) is 9.47 Å². The first-order valence-corrected chi connectivity index (χ1v) is 7.01.